The van der Waals surface area contributed by atoms with Crippen LogP contribution in [0.5, 0.6) is 0 Å². The molecule has 0 amide bonds. The van der Waals surface area contributed by atoms with Crippen molar-refractivity contribution in [3.63, 3.8) is 0 Å². The molecule has 0 atom stereocenters. The lowest BCUT2D eigenvalue weighted by Gasteiger charge is -2.04. The third-order valence-electron chi connectivity index (χ3n) is 1.12. The Labute approximate surface area is 65.1 Å². The molecule has 1 aromatic rings. The minimum atomic E-state index is -4.70. The van der Waals surface area contributed by atoms with Gasteiger partial charge in [0, 0.05) is 0 Å². The van der Waals surface area contributed by atoms with Gasteiger partial charge in [-0.3, -0.25) is 0 Å². The third kappa shape index (κ3) is 1.58. The number of nitrogens with zero attached hydrogens (tertiary/aromatic N) is 1. The van der Waals surface area contributed by atoms with Gasteiger partial charge in [-0.25, -0.2) is 0 Å². The Morgan fingerprint density at radius 2 is 2.17 bits per heavy atom. The van der Waals surface area contributed by atoms with E-state index >= 15 is 0 Å². The highest BCUT2D eigenvalue weighted by Crippen LogP contribution is 2.22. The van der Waals surface area contributed by atoms with Crippen LogP contribution in [0.2, 0.25) is 0 Å². The van der Waals surface area contributed by atoms with Gasteiger partial charge < -0.3 is 9.62 Å². The fourth-order valence-electron chi connectivity index (χ4n) is 0.659. The van der Waals surface area contributed by atoms with Gasteiger partial charge in [-0.15, -0.1) is 0 Å². The van der Waals surface area contributed by atoms with Crippen molar-refractivity contribution in [1.29, 1.82) is 0 Å². The van der Waals surface area contributed by atoms with Crippen LogP contribution < -0.4 is 0 Å². The van der Waals surface area contributed by atoms with Gasteiger partial charge in [0.1, 0.15) is 0 Å². The molecule has 6 heteroatoms. The van der Waals surface area contributed by atoms with E-state index in [2.05, 4.69) is 9.57 Å². The van der Waals surface area contributed by atoms with E-state index in [1.165, 1.54) is 6.07 Å². The highest BCUT2D eigenvalue weighted by Gasteiger charge is 2.39. The molecule has 0 saturated heterocycles. The number of hydrogen-bond donors (Lipinski definition) is 1. The molecule has 1 rings (SSSR count). The summed E-state index contributed by atoms with van der Waals surface area (Å²) in [6.45, 7) is 0. The molecule has 0 bridgehead atoms. The smallest absolute Gasteiger partial charge is 0.440 e. The van der Waals surface area contributed by atoms with Crippen LogP contribution in [0, 0.1) is 0 Å². The van der Waals surface area contributed by atoms with Crippen molar-refractivity contribution >= 4 is 5.71 Å². The largest absolute Gasteiger partial charge is 0.463 e. The van der Waals surface area contributed by atoms with Crippen LogP contribution >= 0.6 is 0 Å². The minimum absolute atomic E-state index is 0.509. The predicted octanol–water partition coefficient (Wildman–Crippen LogP) is 2.02. The Morgan fingerprint density at radius 3 is 2.50 bits per heavy atom. The molecule has 0 aliphatic carbocycles. The molecular formula is C6H4F3NO2. The lowest BCUT2D eigenvalue weighted by molar-refractivity contribution is -0.0609. The van der Waals surface area contributed by atoms with Crippen LogP contribution in [0.4, 0.5) is 13.2 Å². The lowest BCUT2D eigenvalue weighted by Crippen LogP contribution is -2.23. The standard InChI is InChI=1S/C6H4F3NO2/c7-6(8,9)5(10-11)4-2-1-3-12-4/h1-3,11H. The molecule has 0 saturated carbocycles. The normalized spacial score (nSPS) is 13.4. The van der Waals surface area contributed by atoms with Gasteiger partial charge >= 0.3 is 6.18 Å². The molecule has 0 unspecified atom stereocenters. The van der Waals surface area contributed by atoms with Crippen LogP contribution in [0.15, 0.2) is 28.0 Å². The first-order valence-corrected chi connectivity index (χ1v) is 2.89. The minimum Gasteiger partial charge on any atom is -0.463 e. The quantitative estimate of drug-likeness (QED) is 0.407. The zero-order valence-corrected chi connectivity index (χ0v) is 5.67. The van der Waals surface area contributed by atoms with E-state index in [1.807, 2.05) is 0 Å². The van der Waals surface area contributed by atoms with Gasteiger partial charge in [0.15, 0.2) is 5.76 Å². The van der Waals surface area contributed by atoms with Crippen LogP contribution in [0.3, 0.4) is 0 Å². The van der Waals surface area contributed by atoms with E-state index in [1.54, 1.807) is 0 Å². The average molecular weight is 179 g/mol. The van der Waals surface area contributed by atoms with Crippen LogP contribution in [0.25, 0.3) is 0 Å². The van der Waals surface area contributed by atoms with E-state index < -0.39 is 17.6 Å². The third-order valence-corrected chi connectivity index (χ3v) is 1.12. The van der Waals surface area contributed by atoms with Crippen molar-refractivity contribution in [3.05, 3.63) is 24.2 Å². The average Bonchev–Trinajstić information content (AvgIpc) is 2.38. The zero-order valence-electron chi connectivity index (χ0n) is 5.67. The predicted molar refractivity (Wildman–Crippen MR) is 33.1 cm³/mol. The summed E-state index contributed by atoms with van der Waals surface area (Å²) in [6.07, 6.45) is -3.64. The lowest BCUT2D eigenvalue weighted by atomic mass is 10.3. The Hall–Kier alpha value is -1.46. The summed E-state index contributed by atoms with van der Waals surface area (Å²) in [5, 5.41) is 10.1. The van der Waals surface area contributed by atoms with Crippen molar-refractivity contribution in [2.75, 3.05) is 0 Å². The molecular weight excluding hydrogens is 175 g/mol. The maximum absolute atomic E-state index is 11.9. The summed E-state index contributed by atoms with van der Waals surface area (Å²) in [5.74, 6) is -0.509. The van der Waals surface area contributed by atoms with Gasteiger partial charge in [0.2, 0.25) is 5.71 Å². The highest BCUT2D eigenvalue weighted by atomic mass is 19.4. The Kier molecular flexibility index (Phi) is 2.07. The fraction of sp³-hybridized carbons (Fsp3) is 0.167. The summed E-state index contributed by atoms with van der Waals surface area (Å²) >= 11 is 0. The van der Waals surface area contributed by atoms with E-state index in [0.29, 0.717) is 0 Å². The molecule has 0 aromatic carbocycles. The Bertz CT molecular complexity index is 275. The Balaban J connectivity index is 3.01. The second kappa shape index (κ2) is 2.88. The molecule has 3 nitrogen and oxygen atoms in total. The number of hydrogen-bond acceptors (Lipinski definition) is 3. The van der Waals surface area contributed by atoms with Gasteiger partial charge in [0.05, 0.1) is 6.26 Å². The summed E-state index contributed by atoms with van der Waals surface area (Å²) in [4.78, 5) is 0. The Morgan fingerprint density at radius 1 is 1.50 bits per heavy atom. The monoisotopic (exact) mass is 179 g/mol. The molecule has 0 radical (unpaired) electrons. The molecule has 1 heterocycles. The second-order valence-electron chi connectivity index (χ2n) is 1.92. The molecule has 66 valence electrons. The molecule has 0 aliphatic rings. The molecule has 0 fully saturated rings. The summed E-state index contributed by atoms with van der Waals surface area (Å²) < 4.78 is 40.2. The maximum atomic E-state index is 11.9. The van der Waals surface area contributed by atoms with Crippen LogP contribution in [-0.2, 0) is 0 Å². The van der Waals surface area contributed by atoms with Crippen molar-refractivity contribution in [2.45, 2.75) is 6.18 Å². The van der Waals surface area contributed by atoms with Gasteiger partial charge in [-0.2, -0.15) is 13.2 Å². The van der Waals surface area contributed by atoms with Gasteiger partial charge in [-0.05, 0) is 12.1 Å². The zero-order chi connectivity index (χ0) is 9.19. The molecule has 0 aliphatic heterocycles. The van der Waals surface area contributed by atoms with Crippen molar-refractivity contribution in [3.8, 4) is 0 Å². The fourth-order valence-corrected chi connectivity index (χ4v) is 0.659. The SMILES string of the molecule is ON=C(c1ccco1)C(F)(F)F. The van der Waals surface area contributed by atoms with Crippen LogP contribution in [-0.4, -0.2) is 17.1 Å². The van der Waals surface area contributed by atoms with Crippen molar-refractivity contribution in [1.82, 2.24) is 0 Å². The first-order valence-electron chi connectivity index (χ1n) is 2.89. The van der Waals surface area contributed by atoms with Crippen LogP contribution in [0.1, 0.15) is 5.76 Å². The summed E-state index contributed by atoms with van der Waals surface area (Å²) in [5.41, 5.74) is -1.44. The number of rotatable bonds is 1. The summed E-state index contributed by atoms with van der Waals surface area (Å²) in [7, 11) is 0. The molecule has 1 aromatic heterocycles. The first kappa shape index (κ1) is 8.63. The van der Waals surface area contributed by atoms with Gasteiger partial charge in [0.25, 0.3) is 0 Å². The topological polar surface area (TPSA) is 45.7 Å². The number of alkyl halides is 3. The maximum Gasteiger partial charge on any atom is 0.440 e. The van der Waals surface area contributed by atoms with Gasteiger partial charge in [-0.1, -0.05) is 5.16 Å². The van der Waals surface area contributed by atoms with Crippen molar-refractivity contribution in [2.24, 2.45) is 5.16 Å². The van der Waals surface area contributed by atoms with Crippen molar-refractivity contribution < 1.29 is 22.8 Å². The second-order valence-corrected chi connectivity index (χ2v) is 1.92. The number of furan rings is 1. The van der Waals surface area contributed by atoms with E-state index in [-0.39, 0.29) is 0 Å². The molecule has 1 N–H and O–H groups in total. The van der Waals surface area contributed by atoms with E-state index in [0.717, 1.165) is 12.3 Å². The van der Waals surface area contributed by atoms with E-state index in [9.17, 15) is 13.2 Å². The number of halogens is 3. The first-order chi connectivity index (χ1) is 5.55. The molecule has 0 spiro atoms. The van der Waals surface area contributed by atoms with E-state index in [4.69, 9.17) is 5.21 Å². The number of oxime groups is 1. The molecule has 12 heavy (non-hydrogen) atoms. The highest BCUT2D eigenvalue weighted by molar-refractivity contribution is 6.01. The summed E-state index contributed by atoms with van der Waals surface area (Å²) in [6, 6.07) is 2.33.